The Bertz CT molecular complexity index is 774. The van der Waals surface area contributed by atoms with E-state index in [9.17, 15) is 4.79 Å². The van der Waals surface area contributed by atoms with Crippen LogP contribution in [0, 0.1) is 0 Å². The van der Waals surface area contributed by atoms with Gasteiger partial charge in [0, 0.05) is 5.56 Å². The van der Waals surface area contributed by atoms with Crippen molar-refractivity contribution in [3.8, 4) is 39.9 Å². The Morgan fingerprint density at radius 3 is 1.65 bits per heavy atom. The minimum Gasteiger partial charge on any atom is -0.493 e. The van der Waals surface area contributed by atoms with E-state index in [-0.39, 0.29) is 11.3 Å². The van der Waals surface area contributed by atoms with E-state index < -0.39 is 5.97 Å². The highest BCUT2D eigenvalue weighted by Crippen LogP contribution is 2.44. The summed E-state index contributed by atoms with van der Waals surface area (Å²) in [5.74, 6) is 1.54. The number of hydrogen-bond donors (Lipinski definition) is 0. The lowest BCUT2D eigenvalue weighted by Crippen LogP contribution is -2.08. The van der Waals surface area contributed by atoms with Crippen molar-refractivity contribution in [1.82, 2.24) is 0 Å². The van der Waals surface area contributed by atoms with Crippen molar-refractivity contribution in [2.75, 3.05) is 42.7 Å². The van der Waals surface area contributed by atoms with Crippen LogP contribution in [0.15, 0.2) is 24.3 Å². The summed E-state index contributed by atoms with van der Waals surface area (Å²) in [5.41, 5.74) is 1.48. The van der Waals surface area contributed by atoms with Gasteiger partial charge in [-0.3, -0.25) is 0 Å². The molecule has 7 heteroatoms. The molecule has 0 fully saturated rings. The van der Waals surface area contributed by atoms with Crippen LogP contribution < -0.4 is 23.7 Å². The summed E-state index contributed by atoms with van der Waals surface area (Å²) in [7, 11) is 8.84. The second-order valence-electron chi connectivity index (χ2n) is 5.13. The van der Waals surface area contributed by atoms with Crippen molar-refractivity contribution in [3.63, 3.8) is 0 Å². The average Bonchev–Trinajstić information content (AvgIpc) is 2.70. The standard InChI is InChI=1S/C19H22O7/c1-21-13-8-7-12(16(18(13)25-5)19(20)26-6)11-9-14(22-2)17(24-4)15(10-11)23-3/h7-10H,1-6H3. The zero-order valence-corrected chi connectivity index (χ0v) is 15.7. The third-order valence-corrected chi connectivity index (χ3v) is 3.91. The van der Waals surface area contributed by atoms with Gasteiger partial charge in [0.15, 0.2) is 23.0 Å². The largest absolute Gasteiger partial charge is 0.493 e. The van der Waals surface area contributed by atoms with Gasteiger partial charge >= 0.3 is 5.97 Å². The molecule has 0 bridgehead atoms. The van der Waals surface area contributed by atoms with Crippen LogP contribution in [-0.4, -0.2) is 48.6 Å². The molecular formula is C19H22O7. The van der Waals surface area contributed by atoms with E-state index in [1.165, 1.54) is 42.7 Å². The topological polar surface area (TPSA) is 72.5 Å². The second-order valence-corrected chi connectivity index (χ2v) is 5.13. The number of esters is 1. The maximum Gasteiger partial charge on any atom is 0.342 e. The zero-order chi connectivity index (χ0) is 19.3. The normalized spacial score (nSPS) is 10.1. The van der Waals surface area contributed by atoms with Crippen LogP contribution in [0.25, 0.3) is 11.1 Å². The van der Waals surface area contributed by atoms with Crippen LogP contribution in [-0.2, 0) is 4.74 Å². The first-order chi connectivity index (χ1) is 12.6. The summed E-state index contributed by atoms with van der Waals surface area (Å²) >= 11 is 0. The third-order valence-electron chi connectivity index (χ3n) is 3.91. The van der Waals surface area contributed by atoms with Crippen LogP contribution in [0.1, 0.15) is 10.4 Å². The van der Waals surface area contributed by atoms with Gasteiger partial charge in [0.2, 0.25) is 5.75 Å². The molecule has 0 saturated heterocycles. The van der Waals surface area contributed by atoms with E-state index in [1.807, 2.05) is 0 Å². The Morgan fingerprint density at radius 1 is 0.692 bits per heavy atom. The summed E-state index contributed by atoms with van der Waals surface area (Å²) in [6.45, 7) is 0. The molecule has 0 aliphatic carbocycles. The first-order valence-corrected chi connectivity index (χ1v) is 7.69. The highest BCUT2D eigenvalue weighted by molar-refractivity contribution is 6.01. The van der Waals surface area contributed by atoms with Gasteiger partial charge in [-0.15, -0.1) is 0 Å². The fourth-order valence-electron chi connectivity index (χ4n) is 2.71. The summed E-state index contributed by atoms with van der Waals surface area (Å²) < 4.78 is 31.7. The molecular weight excluding hydrogens is 340 g/mol. The van der Waals surface area contributed by atoms with Crippen LogP contribution in [0.2, 0.25) is 0 Å². The molecule has 0 saturated carbocycles. The van der Waals surface area contributed by atoms with E-state index in [4.69, 9.17) is 28.4 Å². The summed E-state index contributed by atoms with van der Waals surface area (Å²) in [6.07, 6.45) is 0. The van der Waals surface area contributed by atoms with Gasteiger partial charge in [0.05, 0.1) is 42.7 Å². The van der Waals surface area contributed by atoms with E-state index in [1.54, 1.807) is 24.3 Å². The van der Waals surface area contributed by atoms with Crippen molar-refractivity contribution in [2.24, 2.45) is 0 Å². The lowest BCUT2D eigenvalue weighted by atomic mass is 9.97. The lowest BCUT2D eigenvalue weighted by molar-refractivity contribution is 0.0597. The van der Waals surface area contributed by atoms with Gasteiger partial charge in [0.25, 0.3) is 0 Å². The molecule has 0 aliphatic rings. The average molecular weight is 362 g/mol. The Hall–Kier alpha value is -3.09. The number of benzene rings is 2. The van der Waals surface area contributed by atoms with Crippen LogP contribution >= 0.6 is 0 Å². The molecule has 0 unspecified atom stereocenters. The molecule has 0 heterocycles. The van der Waals surface area contributed by atoms with Crippen LogP contribution in [0.5, 0.6) is 28.7 Å². The number of carbonyl (C=O) groups is 1. The van der Waals surface area contributed by atoms with E-state index in [0.29, 0.717) is 34.1 Å². The Morgan fingerprint density at radius 2 is 1.23 bits per heavy atom. The highest BCUT2D eigenvalue weighted by Gasteiger charge is 2.25. The SMILES string of the molecule is COC(=O)c1c(-c2cc(OC)c(OC)c(OC)c2)ccc(OC)c1OC. The minimum atomic E-state index is -0.551. The molecule has 26 heavy (non-hydrogen) atoms. The number of hydrogen-bond acceptors (Lipinski definition) is 7. The van der Waals surface area contributed by atoms with Crippen LogP contribution in [0.4, 0.5) is 0 Å². The van der Waals surface area contributed by atoms with Crippen molar-refractivity contribution < 1.29 is 33.2 Å². The maximum atomic E-state index is 12.4. The van der Waals surface area contributed by atoms with Gasteiger partial charge < -0.3 is 28.4 Å². The predicted molar refractivity (Wildman–Crippen MR) is 96.0 cm³/mol. The molecule has 0 atom stereocenters. The fraction of sp³-hybridized carbons (Fsp3) is 0.316. The molecule has 2 aromatic rings. The van der Waals surface area contributed by atoms with Crippen molar-refractivity contribution in [1.29, 1.82) is 0 Å². The van der Waals surface area contributed by atoms with Crippen molar-refractivity contribution in [2.45, 2.75) is 0 Å². The molecule has 0 aliphatic heterocycles. The quantitative estimate of drug-likeness (QED) is 0.701. The van der Waals surface area contributed by atoms with Gasteiger partial charge in [-0.1, -0.05) is 0 Å². The molecule has 0 N–H and O–H groups in total. The van der Waals surface area contributed by atoms with Gasteiger partial charge in [-0.2, -0.15) is 0 Å². The fourth-order valence-corrected chi connectivity index (χ4v) is 2.71. The first-order valence-electron chi connectivity index (χ1n) is 7.69. The van der Waals surface area contributed by atoms with Gasteiger partial charge in [0.1, 0.15) is 5.56 Å². The Balaban J connectivity index is 2.81. The Kier molecular flexibility index (Phi) is 6.16. The van der Waals surface area contributed by atoms with Crippen molar-refractivity contribution >= 4 is 5.97 Å². The molecule has 0 spiro atoms. The number of ether oxygens (including phenoxy) is 6. The van der Waals surface area contributed by atoms with E-state index >= 15 is 0 Å². The minimum absolute atomic E-state index is 0.239. The van der Waals surface area contributed by atoms with E-state index in [0.717, 1.165) is 0 Å². The summed E-state index contributed by atoms with van der Waals surface area (Å²) in [5, 5.41) is 0. The molecule has 0 amide bonds. The number of rotatable bonds is 7. The van der Waals surface area contributed by atoms with Gasteiger partial charge in [-0.25, -0.2) is 4.79 Å². The molecule has 2 rings (SSSR count). The Labute approximate surface area is 152 Å². The van der Waals surface area contributed by atoms with Crippen molar-refractivity contribution in [3.05, 3.63) is 29.8 Å². The molecule has 0 aromatic heterocycles. The monoisotopic (exact) mass is 362 g/mol. The highest BCUT2D eigenvalue weighted by atomic mass is 16.5. The number of methoxy groups -OCH3 is 6. The summed E-state index contributed by atoms with van der Waals surface area (Å²) in [6, 6.07) is 6.95. The van der Waals surface area contributed by atoms with Gasteiger partial charge in [-0.05, 0) is 29.8 Å². The lowest BCUT2D eigenvalue weighted by Gasteiger charge is -2.18. The molecule has 7 nitrogen and oxygen atoms in total. The first kappa shape index (κ1) is 19.2. The second kappa shape index (κ2) is 8.33. The predicted octanol–water partition coefficient (Wildman–Crippen LogP) is 3.18. The zero-order valence-electron chi connectivity index (χ0n) is 15.7. The third kappa shape index (κ3) is 3.33. The summed E-state index contributed by atoms with van der Waals surface area (Å²) in [4.78, 5) is 12.4. The molecule has 140 valence electrons. The number of carbonyl (C=O) groups excluding carboxylic acids is 1. The smallest absolute Gasteiger partial charge is 0.342 e. The molecule has 2 aromatic carbocycles. The van der Waals surface area contributed by atoms with E-state index in [2.05, 4.69) is 0 Å². The molecule has 0 radical (unpaired) electrons. The van der Waals surface area contributed by atoms with Crippen LogP contribution in [0.3, 0.4) is 0 Å². The maximum absolute atomic E-state index is 12.4.